The van der Waals surface area contributed by atoms with Gasteiger partial charge in [-0.25, -0.2) is 0 Å². The zero-order valence-electron chi connectivity index (χ0n) is 8.22. The van der Waals surface area contributed by atoms with Gasteiger partial charge in [0, 0.05) is 11.1 Å². The maximum atomic E-state index is 5.67. The number of hydrogen-bond donors (Lipinski definition) is 2. The topological polar surface area (TPSA) is 52.0 Å². The summed E-state index contributed by atoms with van der Waals surface area (Å²) < 4.78 is 0. The molecule has 0 aromatic rings. The van der Waals surface area contributed by atoms with E-state index in [0.717, 1.165) is 9.93 Å². The fraction of sp³-hybridized carbons (Fsp3) is 0.556. The number of rotatable bonds is 2. The fourth-order valence-corrected chi connectivity index (χ4v) is 1.37. The summed E-state index contributed by atoms with van der Waals surface area (Å²) in [6.07, 6.45) is 3.50. The molecule has 0 aliphatic rings. The maximum Gasteiger partial charge on any atom is 0.0657 e. The van der Waals surface area contributed by atoms with E-state index in [9.17, 15) is 0 Å². The van der Waals surface area contributed by atoms with Crippen LogP contribution in [0.2, 0.25) is 0 Å². The van der Waals surface area contributed by atoms with Crippen LogP contribution in [0.5, 0.6) is 0 Å². The van der Waals surface area contributed by atoms with E-state index in [2.05, 4.69) is 20.8 Å². The molecule has 0 atom stereocenters. The average Bonchev–Trinajstić information content (AvgIpc) is 1.97. The number of thioether (sulfide) groups is 1. The van der Waals surface area contributed by atoms with Crippen molar-refractivity contribution < 1.29 is 0 Å². The van der Waals surface area contributed by atoms with Crippen LogP contribution in [0.1, 0.15) is 27.7 Å². The summed E-state index contributed by atoms with van der Waals surface area (Å²) in [5.74, 6) is 0. The summed E-state index contributed by atoms with van der Waals surface area (Å²) in [7, 11) is 0. The minimum atomic E-state index is 0.0764. The highest BCUT2D eigenvalue weighted by Crippen LogP contribution is 2.36. The maximum absolute atomic E-state index is 5.67. The number of allylic oxidation sites excluding steroid dienone is 2. The number of nitrogens with two attached hydrogens (primary N) is 2. The van der Waals surface area contributed by atoms with Crippen molar-refractivity contribution in [2.24, 2.45) is 16.9 Å². The van der Waals surface area contributed by atoms with E-state index in [1.807, 2.05) is 13.0 Å². The molecule has 3 heteroatoms. The van der Waals surface area contributed by atoms with Crippen molar-refractivity contribution in [3.8, 4) is 0 Å². The standard InChI is InChI=1S/C9H18N2S/c1-5-8(11)12-7(6-10)9(2,3)4/h5-6H,10-11H2,1-4H3/b7-6-,8-5-. The predicted molar refractivity (Wildman–Crippen MR) is 57.3 cm³/mol. The lowest BCUT2D eigenvalue weighted by atomic mass is 9.97. The third-order valence-electron chi connectivity index (χ3n) is 1.40. The molecule has 4 N–H and O–H groups in total. The van der Waals surface area contributed by atoms with E-state index in [4.69, 9.17) is 11.5 Å². The van der Waals surface area contributed by atoms with Gasteiger partial charge in [0.15, 0.2) is 0 Å². The summed E-state index contributed by atoms with van der Waals surface area (Å²) in [5, 5.41) is 0.793. The van der Waals surface area contributed by atoms with Crippen LogP contribution in [0.3, 0.4) is 0 Å². The average molecular weight is 186 g/mol. The molecule has 0 spiro atoms. The van der Waals surface area contributed by atoms with Gasteiger partial charge in [0.05, 0.1) is 5.03 Å². The molecular weight excluding hydrogens is 168 g/mol. The van der Waals surface area contributed by atoms with Crippen LogP contribution in [0, 0.1) is 5.41 Å². The molecule has 0 aromatic carbocycles. The Labute approximate surface area is 79.1 Å². The van der Waals surface area contributed by atoms with Gasteiger partial charge in [0.25, 0.3) is 0 Å². The highest BCUT2D eigenvalue weighted by molar-refractivity contribution is 8.06. The van der Waals surface area contributed by atoms with E-state index in [0.29, 0.717) is 0 Å². The van der Waals surface area contributed by atoms with Gasteiger partial charge < -0.3 is 11.5 Å². The summed E-state index contributed by atoms with van der Waals surface area (Å²) >= 11 is 1.53. The predicted octanol–water partition coefficient (Wildman–Crippen LogP) is 2.39. The van der Waals surface area contributed by atoms with Crippen LogP contribution in [-0.4, -0.2) is 0 Å². The van der Waals surface area contributed by atoms with Crippen LogP contribution >= 0.6 is 11.8 Å². The van der Waals surface area contributed by atoms with Crippen LogP contribution in [0.4, 0.5) is 0 Å². The second kappa shape index (κ2) is 4.45. The molecule has 2 nitrogen and oxygen atoms in total. The first kappa shape index (κ1) is 11.4. The van der Waals surface area contributed by atoms with E-state index in [1.54, 1.807) is 6.20 Å². The molecular formula is C9H18N2S. The van der Waals surface area contributed by atoms with Crippen LogP contribution in [0.15, 0.2) is 22.2 Å². The summed E-state index contributed by atoms with van der Waals surface area (Å²) in [5.41, 5.74) is 11.2. The van der Waals surface area contributed by atoms with E-state index >= 15 is 0 Å². The van der Waals surface area contributed by atoms with Gasteiger partial charge in [-0.05, 0) is 12.3 Å². The van der Waals surface area contributed by atoms with Gasteiger partial charge >= 0.3 is 0 Å². The van der Waals surface area contributed by atoms with Crippen molar-refractivity contribution in [1.29, 1.82) is 0 Å². The largest absolute Gasteiger partial charge is 0.404 e. The molecule has 0 bridgehead atoms. The molecule has 0 amide bonds. The van der Waals surface area contributed by atoms with Crippen LogP contribution in [-0.2, 0) is 0 Å². The first-order chi connectivity index (χ1) is 5.41. The van der Waals surface area contributed by atoms with Crippen molar-refractivity contribution in [3.05, 3.63) is 22.2 Å². The Morgan fingerprint density at radius 1 is 1.33 bits per heavy atom. The van der Waals surface area contributed by atoms with Crippen molar-refractivity contribution in [2.75, 3.05) is 0 Å². The zero-order chi connectivity index (χ0) is 9.78. The Bertz CT molecular complexity index is 199. The molecule has 0 saturated carbocycles. The van der Waals surface area contributed by atoms with E-state index in [-0.39, 0.29) is 5.41 Å². The van der Waals surface area contributed by atoms with Gasteiger partial charge in [0.2, 0.25) is 0 Å². The lowest BCUT2D eigenvalue weighted by molar-refractivity contribution is 0.532. The Kier molecular flexibility index (Phi) is 4.24. The molecule has 0 heterocycles. The third kappa shape index (κ3) is 3.72. The van der Waals surface area contributed by atoms with Gasteiger partial charge in [-0.2, -0.15) is 0 Å². The molecule has 0 saturated heterocycles. The van der Waals surface area contributed by atoms with Crippen molar-refractivity contribution in [1.82, 2.24) is 0 Å². The lowest BCUT2D eigenvalue weighted by Gasteiger charge is -2.21. The first-order valence-electron chi connectivity index (χ1n) is 3.93. The van der Waals surface area contributed by atoms with Gasteiger partial charge in [-0.1, -0.05) is 38.6 Å². The second-order valence-corrected chi connectivity index (χ2v) is 4.69. The lowest BCUT2D eigenvalue weighted by Crippen LogP contribution is -2.10. The Morgan fingerprint density at radius 3 is 2.08 bits per heavy atom. The highest BCUT2D eigenvalue weighted by Gasteiger charge is 2.17. The quantitative estimate of drug-likeness (QED) is 0.696. The molecule has 70 valence electrons. The first-order valence-corrected chi connectivity index (χ1v) is 4.75. The highest BCUT2D eigenvalue weighted by atomic mass is 32.2. The molecule has 0 fully saturated rings. The Balaban J connectivity index is 4.43. The second-order valence-electron chi connectivity index (χ2n) is 3.57. The molecule has 0 unspecified atom stereocenters. The summed E-state index contributed by atoms with van der Waals surface area (Å²) in [6, 6.07) is 0. The Morgan fingerprint density at radius 2 is 1.83 bits per heavy atom. The summed E-state index contributed by atoms with van der Waals surface area (Å²) in [4.78, 5) is 1.10. The van der Waals surface area contributed by atoms with Crippen molar-refractivity contribution in [2.45, 2.75) is 27.7 Å². The van der Waals surface area contributed by atoms with Crippen molar-refractivity contribution >= 4 is 11.8 Å². The normalized spacial score (nSPS) is 15.0. The smallest absolute Gasteiger partial charge is 0.0657 e. The molecule has 0 rings (SSSR count). The monoisotopic (exact) mass is 186 g/mol. The molecule has 0 aliphatic heterocycles. The van der Waals surface area contributed by atoms with E-state index in [1.165, 1.54) is 11.8 Å². The van der Waals surface area contributed by atoms with Gasteiger partial charge in [-0.15, -0.1) is 0 Å². The number of hydrogen-bond acceptors (Lipinski definition) is 3. The molecule has 0 aromatic heterocycles. The van der Waals surface area contributed by atoms with E-state index < -0.39 is 0 Å². The summed E-state index contributed by atoms with van der Waals surface area (Å²) in [6.45, 7) is 8.25. The minimum Gasteiger partial charge on any atom is -0.404 e. The minimum absolute atomic E-state index is 0.0764. The van der Waals surface area contributed by atoms with Crippen LogP contribution in [0.25, 0.3) is 0 Å². The third-order valence-corrected chi connectivity index (χ3v) is 2.84. The zero-order valence-corrected chi connectivity index (χ0v) is 9.03. The van der Waals surface area contributed by atoms with Gasteiger partial charge in [-0.3, -0.25) is 0 Å². The molecule has 0 radical (unpaired) electrons. The Hall–Kier alpha value is -0.570. The molecule has 0 aliphatic carbocycles. The molecule has 12 heavy (non-hydrogen) atoms. The SMILES string of the molecule is C/C=C(/N)S/C(=C\N)C(C)(C)C. The van der Waals surface area contributed by atoms with Crippen LogP contribution < -0.4 is 11.5 Å². The van der Waals surface area contributed by atoms with Gasteiger partial charge in [0.1, 0.15) is 0 Å². The fourth-order valence-electron chi connectivity index (χ4n) is 0.623. The van der Waals surface area contributed by atoms with Crippen molar-refractivity contribution in [3.63, 3.8) is 0 Å².